The van der Waals surface area contributed by atoms with Crippen molar-refractivity contribution in [1.82, 2.24) is 20.2 Å². The number of piperazine rings is 1. The highest BCUT2D eigenvalue weighted by Crippen LogP contribution is 2.13. The number of nitrogens with zero attached hydrogens (tertiary/aromatic N) is 4. The first-order valence-corrected chi connectivity index (χ1v) is 8.46. The van der Waals surface area contributed by atoms with Gasteiger partial charge in [-0.2, -0.15) is 0 Å². The van der Waals surface area contributed by atoms with Crippen molar-refractivity contribution in [3.8, 4) is 5.75 Å². The fourth-order valence-corrected chi connectivity index (χ4v) is 2.71. The van der Waals surface area contributed by atoms with Gasteiger partial charge in [-0.1, -0.05) is 18.2 Å². The predicted octanol–water partition coefficient (Wildman–Crippen LogP) is 1.70. The average molecular weight is 341 g/mol. The molecule has 7 heteroatoms. The molecule has 1 aliphatic rings. The van der Waals surface area contributed by atoms with Crippen LogP contribution in [0.15, 0.2) is 42.7 Å². The summed E-state index contributed by atoms with van der Waals surface area (Å²) in [6, 6.07) is 11.5. The van der Waals surface area contributed by atoms with Gasteiger partial charge in [-0.25, -0.2) is 14.8 Å². The number of amides is 2. The number of nitrogens with one attached hydrogen (secondary N) is 1. The Kier molecular flexibility index (Phi) is 5.66. The molecule has 2 aromatic rings. The highest BCUT2D eigenvalue weighted by atomic mass is 16.5. The highest BCUT2D eigenvalue weighted by molar-refractivity contribution is 5.74. The molecule has 1 aromatic carbocycles. The summed E-state index contributed by atoms with van der Waals surface area (Å²) in [5, 5.41) is 2.90. The fourth-order valence-electron chi connectivity index (χ4n) is 2.71. The number of aryl methyl sites for hydroxylation is 1. The Labute approximate surface area is 147 Å². The normalized spacial score (nSPS) is 14.3. The zero-order valence-electron chi connectivity index (χ0n) is 14.4. The van der Waals surface area contributed by atoms with E-state index in [9.17, 15) is 4.79 Å². The van der Waals surface area contributed by atoms with Crippen molar-refractivity contribution in [3.05, 3.63) is 48.4 Å². The van der Waals surface area contributed by atoms with E-state index in [4.69, 9.17) is 4.74 Å². The van der Waals surface area contributed by atoms with Crippen LogP contribution in [0.25, 0.3) is 0 Å². The molecule has 0 aliphatic carbocycles. The van der Waals surface area contributed by atoms with Gasteiger partial charge in [0.2, 0.25) is 0 Å². The molecule has 2 heterocycles. The number of hydrogen-bond donors (Lipinski definition) is 1. The summed E-state index contributed by atoms with van der Waals surface area (Å²) < 4.78 is 5.57. The standard InChI is InChI=1S/C18H23N5O2/c1-15-13-17(21-14-20-15)22-8-10-23(11-9-22)18(24)19-7-12-25-16-5-3-2-4-6-16/h2-6,13-14H,7-12H2,1H3,(H,19,24). The van der Waals surface area contributed by atoms with Gasteiger partial charge >= 0.3 is 6.03 Å². The Hall–Kier alpha value is -2.83. The van der Waals surface area contributed by atoms with Crippen LogP contribution in [0.1, 0.15) is 5.69 Å². The third-order valence-corrected chi connectivity index (χ3v) is 4.07. The summed E-state index contributed by atoms with van der Waals surface area (Å²) in [4.78, 5) is 24.6. The summed E-state index contributed by atoms with van der Waals surface area (Å²) in [5.74, 6) is 1.73. The largest absolute Gasteiger partial charge is 0.492 e. The molecule has 0 radical (unpaired) electrons. The van der Waals surface area contributed by atoms with E-state index in [0.717, 1.165) is 30.4 Å². The molecular weight excluding hydrogens is 318 g/mol. The lowest BCUT2D eigenvalue weighted by atomic mass is 10.3. The summed E-state index contributed by atoms with van der Waals surface area (Å²) in [7, 11) is 0. The van der Waals surface area contributed by atoms with Crippen molar-refractivity contribution in [1.29, 1.82) is 0 Å². The highest BCUT2D eigenvalue weighted by Gasteiger charge is 2.21. The molecule has 0 saturated carbocycles. The molecule has 0 atom stereocenters. The minimum atomic E-state index is -0.0461. The van der Waals surface area contributed by atoms with Crippen LogP contribution in [-0.2, 0) is 0 Å². The molecule has 25 heavy (non-hydrogen) atoms. The van der Waals surface area contributed by atoms with Gasteiger partial charge in [0.15, 0.2) is 0 Å². The summed E-state index contributed by atoms with van der Waals surface area (Å²) >= 11 is 0. The SMILES string of the molecule is Cc1cc(N2CCN(C(=O)NCCOc3ccccc3)CC2)ncn1. The second-order valence-corrected chi connectivity index (χ2v) is 5.89. The Morgan fingerprint density at radius 3 is 2.64 bits per heavy atom. The van der Waals surface area contributed by atoms with Gasteiger partial charge in [-0.15, -0.1) is 0 Å². The van der Waals surface area contributed by atoms with Crippen LogP contribution in [0.5, 0.6) is 5.75 Å². The molecule has 0 unspecified atom stereocenters. The van der Waals surface area contributed by atoms with Crippen LogP contribution >= 0.6 is 0 Å². The van der Waals surface area contributed by atoms with Crippen LogP contribution < -0.4 is 15.0 Å². The molecule has 1 N–H and O–H groups in total. The lowest BCUT2D eigenvalue weighted by molar-refractivity contribution is 0.191. The number of hydrogen-bond acceptors (Lipinski definition) is 5. The zero-order valence-corrected chi connectivity index (χ0v) is 14.4. The van der Waals surface area contributed by atoms with Crippen molar-refractivity contribution in [2.45, 2.75) is 6.92 Å². The van der Waals surface area contributed by atoms with Gasteiger partial charge in [-0.3, -0.25) is 0 Å². The minimum absolute atomic E-state index is 0.0461. The molecular formula is C18H23N5O2. The fraction of sp³-hybridized carbons (Fsp3) is 0.389. The molecule has 1 fully saturated rings. The molecule has 3 rings (SSSR count). The number of benzene rings is 1. The van der Waals surface area contributed by atoms with Crippen molar-refractivity contribution in [2.75, 3.05) is 44.2 Å². The smallest absolute Gasteiger partial charge is 0.317 e. The first-order chi connectivity index (χ1) is 12.2. The Bertz CT molecular complexity index is 687. The molecule has 1 saturated heterocycles. The third-order valence-electron chi connectivity index (χ3n) is 4.07. The van der Waals surface area contributed by atoms with E-state index in [0.29, 0.717) is 26.2 Å². The number of para-hydroxylation sites is 1. The quantitative estimate of drug-likeness (QED) is 0.838. The van der Waals surface area contributed by atoms with E-state index in [1.165, 1.54) is 0 Å². The van der Waals surface area contributed by atoms with Crippen LogP contribution in [0, 0.1) is 6.92 Å². The number of anilines is 1. The van der Waals surface area contributed by atoms with E-state index < -0.39 is 0 Å². The molecule has 2 amide bonds. The van der Waals surface area contributed by atoms with Crippen LogP contribution in [0.4, 0.5) is 10.6 Å². The number of aromatic nitrogens is 2. The minimum Gasteiger partial charge on any atom is -0.492 e. The molecule has 1 aliphatic heterocycles. The Morgan fingerprint density at radius 1 is 1.16 bits per heavy atom. The van der Waals surface area contributed by atoms with Crippen molar-refractivity contribution >= 4 is 11.8 Å². The maximum atomic E-state index is 12.2. The third kappa shape index (κ3) is 4.82. The second kappa shape index (κ2) is 8.32. The second-order valence-electron chi connectivity index (χ2n) is 5.89. The maximum absolute atomic E-state index is 12.2. The first kappa shape index (κ1) is 17.0. The van der Waals surface area contributed by atoms with Crippen molar-refractivity contribution in [2.24, 2.45) is 0 Å². The monoisotopic (exact) mass is 341 g/mol. The molecule has 0 bridgehead atoms. The number of rotatable bonds is 5. The van der Waals surface area contributed by atoms with E-state index in [2.05, 4.69) is 20.2 Å². The van der Waals surface area contributed by atoms with Gasteiger partial charge in [0, 0.05) is 37.9 Å². The Morgan fingerprint density at radius 2 is 1.92 bits per heavy atom. The van der Waals surface area contributed by atoms with Gasteiger partial charge in [0.1, 0.15) is 24.5 Å². The average Bonchev–Trinajstić information content (AvgIpc) is 2.66. The van der Waals surface area contributed by atoms with Gasteiger partial charge in [-0.05, 0) is 19.1 Å². The van der Waals surface area contributed by atoms with Crippen molar-refractivity contribution in [3.63, 3.8) is 0 Å². The molecule has 132 valence electrons. The molecule has 7 nitrogen and oxygen atoms in total. The van der Waals surface area contributed by atoms with Gasteiger partial charge in [0.25, 0.3) is 0 Å². The van der Waals surface area contributed by atoms with E-state index in [1.54, 1.807) is 6.33 Å². The topological polar surface area (TPSA) is 70.6 Å². The van der Waals surface area contributed by atoms with Gasteiger partial charge in [0.05, 0.1) is 6.54 Å². The van der Waals surface area contributed by atoms with Crippen molar-refractivity contribution < 1.29 is 9.53 Å². The summed E-state index contributed by atoms with van der Waals surface area (Å²) in [5.41, 5.74) is 0.948. The van der Waals surface area contributed by atoms with Crippen LogP contribution in [-0.4, -0.2) is 60.2 Å². The van der Waals surface area contributed by atoms with Crippen LogP contribution in [0.2, 0.25) is 0 Å². The molecule has 0 spiro atoms. The van der Waals surface area contributed by atoms with Gasteiger partial charge < -0.3 is 19.9 Å². The number of carbonyl (C=O) groups excluding carboxylic acids is 1. The van der Waals surface area contributed by atoms with Crippen LogP contribution in [0.3, 0.4) is 0 Å². The molecule has 1 aromatic heterocycles. The van der Waals surface area contributed by atoms with E-state index >= 15 is 0 Å². The lowest BCUT2D eigenvalue weighted by Gasteiger charge is -2.35. The lowest BCUT2D eigenvalue weighted by Crippen LogP contribution is -2.52. The Balaban J connectivity index is 1.38. The number of urea groups is 1. The number of ether oxygens (including phenoxy) is 1. The first-order valence-electron chi connectivity index (χ1n) is 8.46. The van der Waals surface area contributed by atoms with E-state index in [-0.39, 0.29) is 6.03 Å². The number of carbonyl (C=O) groups is 1. The summed E-state index contributed by atoms with van der Waals surface area (Å²) in [6.45, 7) is 5.78. The zero-order chi connectivity index (χ0) is 17.5. The predicted molar refractivity (Wildman–Crippen MR) is 95.9 cm³/mol. The summed E-state index contributed by atoms with van der Waals surface area (Å²) in [6.07, 6.45) is 1.58. The van der Waals surface area contributed by atoms with E-state index in [1.807, 2.05) is 48.2 Å². The maximum Gasteiger partial charge on any atom is 0.317 e.